The van der Waals surface area contributed by atoms with Crippen molar-refractivity contribution in [2.24, 2.45) is 0 Å². The molecule has 0 saturated carbocycles. The largest absolute Gasteiger partial charge is 0.495 e. The molecule has 8 nitrogen and oxygen atoms in total. The molecule has 0 fully saturated rings. The Morgan fingerprint density at radius 1 is 1.14 bits per heavy atom. The van der Waals surface area contributed by atoms with E-state index < -0.39 is 0 Å². The minimum Gasteiger partial charge on any atom is -0.495 e. The lowest BCUT2D eigenvalue weighted by molar-refractivity contribution is -0.115. The van der Waals surface area contributed by atoms with Gasteiger partial charge in [-0.25, -0.2) is 4.98 Å². The van der Waals surface area contributed by atoms with Crippen molar-refractivity contribution in [2.75, 3.05) is 12.4 Å². The first-order valence-electron chi connectivity index (χ1n) is 8.44. The SMILES string of the molecule is COc1ccccc1NC(=O)Cc1noc(CSc2nc3ccccc3o2)n1. The third-order valence-electron chi connectivity index (χ3n) is 3.80. The van der Waals surface area contributed by atoms with Gasteiger partial charge in [-0.3, -0.25) is 4.79 Å². The minimum atomic E-state index is -0.261. The van der Waals surface area contributed by atoms with E-state index in [0.717, 1.165) is 11.1 Å². The number of fused-ring (bicyclic) bond motifs is 1. The maximum Gasteiger partial charge on any atom is 0.257 e. The van der Waals surface area contributed by atoms with E-state index in [1.54, 1.807) is 19.2 Å². The van der Waals surface area contributed by atoms with E-state index in [2.05, 4.69) is 20.4 Å². The van der Waals surface area contributed by atoms with Gasteiger partial charge in [0.25, 0.3) is 5.22 Å². The predicted octanol–water partition coefficient (Wildman–Crippen LogP) is 3.69. The molecule has 1 amide bonds. The molecule has 0 spiro atoms. The molecule has 0 aliphatic carbocycles. The van der Waals surface area contributed by atoms with Crippen LogP contribution in [0.4, 0.5) is 5.69 Å². The van der Waals surface area contributed by atoms with Gasteiger partial charge < -0.3 is 19.0 Å². The molecule has 4 aromatic rings. The van der Waals surface area contributed by atoms with Crippen molar-refractivity contribution in [3.63, 3.8) is 0 Å². The topological polar surface area (TPSA) is 103 Å². The van der Waals surface area contributed by atoms with Crippen LogP contribution < -0.4 is 10.1 Å². The van der Waals surface area contributed by atoms with Crippen molar-refractivity contribution in [3.8, 4) is 5.75 Å². The number of nitrogens with zero attached hydrogens (tertiary/aromatic N) is 3. The lowest BCUT2D eigenvalue weighted by Gasteiger charge is -2.08. The molecule has 2 aromatic heterocycles. The molecule has 142 valence electrons. The van der Waals surface area contributed by atoms with Gasteiger partial charge in [-0.15, -0.1) is 0 Å². The summed E-state index contributed by atoms with van der Waals surface area (Å²) in [6.07, 6.45) is -0.00486. The second-order valence-corrected chi connectivity index (χ2v) is 6.69. The van der Waals surface area contributed by atoms with Crippen molar-refractivity contribution < 1.29 is 18.5 Å². The first-order valence-corrected chi connectivity index (χ1v) is 9.42. The van der Waals surface area contributed by atoms with Gasteiger partial charge in [0.1, 0.15) is 11.3 Å². The van der Waals surface area contributed by atoms with Gasteiger partial charge in [0.2, 0.25) is 11.8 Å². The Hall–Kier alpha value is -3.33. The number of ether oxygens (including phenoxy) is 1. The molecule has 0 atom stereocenters. The fourth-order valence-electron chi connectivity index (χ4n) is 2.54. The molecule has 2 heterocycles. The number of hydrogen-bond donors (Lipinski definition) is 1. The number of thioether (sulfide) groups is 1. The number of carbonyl (C=O) groups is 1. The maximum atomic E-state index is 12.2. The first kappa shape index (κ1) is 18.1. The zero-order valence-electron chi connectivity index (χ0n) is 14.9. The number of aromatic nitrogens is 3. The zero-order chi connectivity index (χ0) is 19.3. The van der Waals surface area contributed by atoms with E-state index in [9.17, 15) is 4.79 Å². The van der Waals surface area contributed by atoms with Crippen molar-refractivity contribution in [3.05, 3.63) is 60.2 Å². The molecule has 0 bridgehead atoms. The number of hydrogen-bond acceptors (Lipinski definition) is 8. The Balaban J connectivity index is 1.34. The van der Waals surface area contributed by atoms with E-state index >= 15 is 0 Å². The van der Waals surface area contributed by atoms with E-state index in [-0.39, 0.29) is 12.3 Å². The second-order valence-electron chi connectivity index (χ2n) is 5.77. The van der Waals surface area contributed by atoms with Crippen LogP contribution in [0.25, 0.3) is 11.1 Å². The molecule has 4 rings (SSSR count). The van der Waals surface area contributed by atoms with E-state index in [1.165, 1.54) is 11.8 Å². The maximum absolute atomic E-state index is 12.2. The third kappa shape index (κ3) is 4.15. The van der Waals surface area contributed by atoms with Gasteiger partial charge >= 0.3 is 0 Å². The molecule has 0 aliphatic rings. The molecular formula is C19H16N4O4S. The van der Waals surface area contributed by atoms with Crippen LogP contribution in [-0.2, 0) is 17.0 Å². The van der Waals surface area contributed by atoms with Crippen LogP contribution in [0.1, 0.15) is 11.7 Å². The monoisotopic (exact) mass is 396 g/mol. The smallest absolute Gasteiger partial charge is 0.257 e. The highest BCUT2D eigenvalue weighted by atomic mass is 32.2. The Bertz CT molecular complexity index is 1070. The highest BCUT2D eigenvalue weighted by Crippen LogP contribution is 2.26. The number of methoxy groups -OCH3 is 1. The number of benzene rings is 2. The quantitative estimate of drug-likeness (QED) is 0.472. The molecule has 0 saturated heterocycles. The lowest BCUT2D eigenvalue weighted by atomic mass is 10.2. The van der Waals surface area contributed by atoms with Gasteiger partial charge in [0, 0.05) is 0 Å². The molecular weight excluding hydrogens is 380 g/mol. The highest BCUT2D eigenvalue weighted by Gasteiger charge is 2.14. The number of carbonyl (C=O) groups excluding carboxylic acids is 1. The van der Waals surface area contributed by atoms with Crippen LogP contribution in [0.3, 0.4) is 0 Å². The summed E-state index contributed by atoms with van der Waals surface area (Å²) in [7, 11) is 1.55. The summed E-state index contributed by atoms with van der Waals surface area (Å²) in [6.45, 7) is 0. The average Bonchev–Trinajstić information content (AvgIpc) is 3.32. The third-order valence-corrected chi connectivity index (χ3v) is 4.62. The van der Waals surface area contributed by atoms with Gasteiger partial charge in [-0.1, -0.05) is 41.2 Å². The van der Waals surface area contributed by atoms with E-state index in [0.29, 0.717) is 34.1 Å². The Morgan fingerprint density at radius 3 is 2.82 bits per heavy atom. The Kier molecular flexibility index (Phi) is 5.24. The van der Waals surface area contributed by atoms with Crippen LogP contribution in [-0.4, -0.2) is 28.1 Å². The van der Waals surface area contributed by atoms with Crippen molar-refractivity contribution in [2.45, 2.75) is 17.4 Å². The van der Waals surface area contributed by atoms with E-state index in [4.69, 9.17) is 13.7 Å². The molecule has 28 heavy (non-hydrogen) atoms. The fourth-order valence-corrected chi connectivity index (χ4v) is 3.22. The molecule has 0 radical (unpaired) electrons. The predicted molar refractivity (Wildman–Crippen MR) is 103 cm³/mol. The van der Waals surface area contributed by atoms with Crippen LogP contribution in [0.5, 0.6) is 5.75 Å². The molecule has 0 aliphatic heterocycles. The molecule has 2 aromatic carbocycles. The normalized spacial score (nSPS) is 10.9. The summed E-state index contributed by atoms with van der Waals surface area (Å²) >= 11 is 1.35. The minimum absolute atomic E-state index is 0.00486. The summed E-state index contributed by atoms with van der Waals surface area (Å²) in [5.74, 6) is 1.42. The second kappa shape index (κ2) is 8.13. The van der Waals surface area contributed by atoms with Crippen molar-refractivity contribution >= 4 is 34.5 Å². The summed E-state index contributed by atoms with van der Waals surface area (Å²) in [5, 5.41) is 7.15. The summed E-state index contributed by atoms with van der Waals surface area (Å²) in [4.78, 5) is 20.8. The average molecular weight is 396 g/mol. The van der Waals surface area contributed by atoms with Crippen molar-refractivity contribution in [1.82, 2.24) is 15.1 Å². The summed E-state index contributed by atoms with van der Waals surface area (Å²) in [5.41, 5.74) is 2.11. The van der Waals surface area contributed by atoms with Crippen molar-refractivity contribution in [1.29, 1.82) is 0 Å². The molecule has 0 unspecified atom stereocenters. The van der Waals surface area contributed by atoms with E-state index in [1.807, 2.05) is 36.4 Å². The fraction of sp³-hybridized carbons (Fsp3) is 0.158. The summed E-state index contributed by atoms with van der Waals surface area (Å²) < 4.78 is 16.0. The molecule has 9 heteroatoms. The van der Waals surface area contributed by atoms with Gasteiger partial charge in [-0.05, 0) is 24.3 Å². The lowest BCUT2D eigenvalue weighted by Crippen LogP contribution is -2.15. The van der Waals surface area contributed by atoms with Crippen LogP contribution in [0, 0.1) is 0 Å². The number of para-hydroxylation sites is 4. The van der Waals surface area contributed by atoms with Gasteiger partial charge in [0.05, 0.1) is 25.0 Å². The van der Waals surface area contributed by atoms with Gasteiger partial charge in [-0.2, -0.15) is 4.98 Å². The standard InChI is InChI=1S/C19H16N4O4S/c1-25-14-8-4-2-6-12(14)20-17(24)10-16-22-18(27-23-16)11-28-19-21-13-7-3-5-9-15(13)26-19/h2-9H,10-11H2,1H3,(H,20,24). The summed E-state index contributed by atoms with van der Waals surface area (Å²) in [6, 6.07) is 14.7. The number of amides is 1. The Morgan fingerprint density at radius 2 is 1.96 bits per heavy atom. The number of nitrogens with one attached hydrogen (secondary N) is 1. The molecule has 1 N–H and O–H groups in total. The number of anilines is 1. The number of rotatable bonds is 7. The zero-order valence-corrected chi connectivity index (χ0v) is 15.7. The first-order chi connectivity index (χ1) is 13.7. The highest BCUT2D eigenvalue weighted by molar-refractivity contribution is 7.98. The van der Waals surface area contributed by atoms with Crippen LogP contribution in [0.2, 0.25) is 0 Å². The Labute approximate surface area is 164 Å². The van der Waals surface area contributed by atoms with Crippen LogP contribution >= 0.6 is 11.8 Å². The number of oxazole rings is 1. The van der Waals surface area contributed by atoms with Gasteiger partial charge in [0.15, 0.2) is 11.4 Å². The van der Waals surface area contributed by atoms with Crippen LogP contribution in [0.15, 0.2) is 62.7 Å².